The van der Waals surface area contributed by atoms with Crippen molar-refractivity contribution in [2.75, 3.05) is 0 Å². The lowest BCUT2D eigenvalue weighted by Gasteiger charge is -2.15. The summed E-state index contributed by atoms with van der Waals surface area (Å²) < 4.78 is 28.9. The first-order chi connectivity index (χ1) is 8.93. The first-order valence-corrected chi connectivity index (χ1v) is 8.37. The zero-order chi connectivity index (χ0) is 14.0. The van der Waals surface area contributed by atoms with Crippen LogP contribution in [0.3, 0.4) is 0 Å². The third-order valence-corrected chi connectivity index (χ3v) is 4.39. The fourth-order valence-electron chi connectivity index (χ4n) is 1.86. The van der Waals surface area contributed by atoms with Crippen molar-refractivity contribution >= 4 is 30.5 Å². The van der Waals surface area contributed by atoms with Crippen LogP contribution in [0.1, 0.15) is 20.3 Å². The molecule has 0 aliphatic carbocycles. The van der Waals surface area contributed by atoms with Gasteiger partial charge in [0.15, 0.2) is 0 Å². The molecule has 0 spiro atoms. The molecule has 1 atom stereocenters. The van der Waals surface area contributed by atoms with Gasteiger partial charge >= 0.3 is 0 Å². The Morgan fingerprint density at radius 1 is 1.16 bits per heavy atom. The van der Waals surface area contributed by atoms with Crippen molar-refractivity contribution in [2.24, 2.45) is 0 Å². The Balaban J connectivity index is 2.65. The van der Waals surface area contributed by atoms with Crippen LogP contribution in [0.25, 0.3) is 10.8 Å². The van der Waals surface area contributed by atoms with Crippen molar-refractivity contribution in [1.82, 2.24) is 0 Å². The maximum Gasteiger partial charge on any atom is 0.261 e. The predicted octanol–water partition coefficient (Wildman–Crippen LogP) is 3.94. The topological polar surface area (TPSA) is 43.4 Å². The number of halogens is 1. The zero-order valence-electron chi connectivity index (χ0n) is 10.8. The zero-order valence-corrected chi connectivity index (χ0v) is 12.3. The summed E-state index contributed by atoms with van der Waals surface area (Å²) in [6.07, 6.45) is 0.950. The van der Waals surface area contributed by atoms with Gasteiger partial charge in [-0.3, -0.25) is 0 Å². The summed E-state index contributed by atoms with van der Waals surface area (Å²) in [6, 6.07) is 10.3. The Labute approximate surface area is 117 Å². The van der Waals surface area contributed by atoms with Crippen LogP contribution in [-0.2, 0) is 9.05 Å². The molecule has 102 valence electrons. The van der Waals surface area contributed by atoms with E-state index in [0.29, 0.717) is 11.1 Å². The van der Waals surface area contributed by atoms with E-state index in [2.05, 4.69) is 0 Å². The van der Waals surface area contributed by atoms with E-state index in [-0.39, 0.29) is 11.0 Å². The van der Waals surface area contributed by atoms with Crippen LogP contribution in [0.5, 0.6) is 5.75 Å². The number of rotatable bonds is 4. The molecule has 3 nitrogen and oxygen atoms in total. The predicted molar refractivity (Wildman–Crippen MR) is 77.4 cm³/mol. The molecular formula is C14H15ClO3S. The van der Waals surface area contributed by atoms with Gasteiger partial charge < -0.3 is 4.74 Å². The van der Waals surface area contributed by atoms with E-state index in [1.165, 1.54) is 6.07 Å². The molecular weight excluding hydrogens is 284 g/mol. The second-order valence-corrected chi connectivity index (χ2v) is 6.92. The molecule has 2 rings (SSSR count). The second-order valence-electron chi connectivity index (χ2n) is 4.38. The normalized spacial score (nSPS) is 13.4. The van der Waals surface area contributed by atoms with Crippen LogP contribution in [0.2, 0.25) is 0 Å². The van der Waals surface area contributed by atoms with Crippen molar-refractivity contribution in [1.29, 1.82) is 0 Å². The molecule has 2 aromatic rings. The Hall–Kier alpha value is -1.26. The molecule has 0 fully saturated rings. The van der Waals surface area contributed by atoms with Gasteiger partial charge in [0.25, 0.3) is 9.05 Å². The molecule has 1 unspecified atom stereocenters. The minimum absolute atomic E-state index is 0.0712. The quantitative estimate of drug-likeness (QED) is 0.803. The van der Waals surface area contributed by atoms with Gasteiger partial charge in [-0.25, -0.2) is 8.42 Å². The lowest BCUT2D eigenvalue weighted by Crippen LogP contribution is -2.10. The van der Waals surface area contributed by atoms with Crippen LogP contribution in [0.15, 0.2) is 41.3 Å². The summed E-state index contributed by atoms with van der Waals surface area (Å²) in [5.41, 5.74) is 0. The summed E-state index contributed by atoms with van der Waals surface area (Å²) >= 11 is 0. The highest BCUT2D eigenvalue weighted by Crippen LogP contribution is 2.33. The van der Waals surface area contributed by atoms with Gasteiger partial charge in [0.1, 0.15) is 5.75 Å². The molecule has 0 aliphatic rings. The largest absolute Gasteiger partial charge is 0.490 e. The van der Waals surface area contributed by atoms with Gasteiger partial charge in [-0.15, -0.1) is 0 Å². The number of fused-ring (bicyclic) bond motifs is 1. The molecule has 0 heterocycles. The van der Waals surface area contributed by atoms with Crippen molar-refractivity contribution in [2.45, 2.75) is 31.3 Å². The molecule has 0 saturated heterocycles. The summed E-state index contributed by atoms with van der Waals surface area (Å²) in [6.45, 7) is 4.01. The lowest BCUT2D eigenvalue weighted by molar-refractivity contribution is 0.220. The van der Waals surface area contributed by atoms with Crippen LogP contribution < -0.4 is 4.74 Å². The number of hydrogen-bond donors (Lipinski definition) is 0. The smallest absolute Gasteiger partial charge is 0.261 e. The maximum absolute atomic E-state index is 11.6. The van der Waals surface area contributed by atoms with Crippen molar-refractivity contribution in [3.63, 3.8) is 0 Å². The molecule has 2 aromatic carbocycles. The van der Waals surface area contributed by atoms with Crippen LogP contribution in [0.4, 0.5) is 0 Å². The highest BCUT2D eigenvalue weighted by Gasteiger charge is 2.16. The molecule has 0 saturated carbocycles. The first-order valence-electron chi connectivity index (χ1n) is 6.06. The fraction of sp³-hybridized carbons (Fsp3) is 0.286. The molecule has 0 bridgehead atoms. The third-order valence-electron chi connectivity index (χ3n) is 3.01. The van der Waals surface area contributed by atoms with E-state index < -0.39 is 9.05 Å². The molecule has 0 amide bonds. The van der Waals surface area contributed by atoms with E-state index in [0.717, 1.165) is 11.8 Å². The summed E-state index contributed by atoms with van der Waals surface area (Å²) in [5, 5.41) is 1.34. The number of benzene rings is 2. The van der Waals surface area contributed by atoms with Crippen molar-refractivity contribution in [3.8, 4) is 5.75 Å². The average molecular weight is 299 g/mol. The van der Waals surface area contributed by atoms with E-state index in [1.54, 1.807) is 18.2 Å². The van der Waals surface area contributed by atoms with Crippen LogP contribution >= 0.6 is 10.7 Å². The number of ether oxygens (including phenoxy) is 1. The van der Waals surface area contributed by atoms with Gasteiger partial charge in [0, 0.05) is 21.5 Å². The Morgan fingerprint density at radius 3 is 2.37 bits per heavy atom. The Morgan fingerprint density at radius 2 is 1.79 bits per heavy atom. The minimum Gasteiger partial charge on any atom is -0.490 e. The van der Waals surface area contributed by atoms with Gasteiger partial charge in [0.05, 0.1) is 11.0 Å². The molecule has 0 radical (unpaired) electrons. The molecule has 5 heteroatoms. The van der Waals surface area contributed by atoms with E-state index >= 15 is 0 Å². The van der Waals surface area contributed by atoms with Gasteiger partial charge in [-0.05, 0) is 25.5 Å². The Kier molecular flexibility index (Phi) is 4.02. The number of hydrogen-bond acceptors (Lipinski definition) is 3. The SMILES string of the molecule is CCC(C)Oc1ccc(S(=O)(=O)Cl)c2ccccc12. The van der Waals surface area contributed by atoms with E-state index in [4.69, 9.17) is 15.4 Å². The van der Waals surface area contributed by atoms with E-state index in [9.17, 15) is 8.42 Å². The Bertz CT molecular complexity index is 695. The molecule has 0 aromatic heterocycles. The van der Waals surface area contributed by atoms with Crippen molar-refractivity contribution < 1.29 is 13.2 Å². The average Bonchev–Trinajstić information content (AvgIpc) is 2.37. The summed E-state index contributed by atoms with van der Waals surface area (Å²) in [4.78, 5) is 0.112. The van der Waals surface area contributed by atoms with Gasteiger partial charge in [0.2, 0.25) is 0 Å². The summed E-state index contributed by atoms with van der Waals surface area (Å²) in [7, 11) is 1.69. The summed E-state index contributed by atoms with van der Waals surface area (Å²) in [5.74, 6) is 0.675. The minimum atomic E-state index is -3.76. The van der Waals surface area contributed by atoms with E-state index in [1.807, 2.05) is 26.0 Å². The molecule has 0 aliphatic heterocycles. The van der Waals surface area contributed by atoms with Gasteiger partial charge in [-0.1, -0.05) is 31.2 Å². The monoisotopic (exact) mass is 298 g/mol. The van der Waals surface area contributed by atoms with Crippen LogP contribution in [0, 0.1) is 0 Å². The fourth-order valence-corrected chi connectivity index (χ4v) is 2.93. The van der Waals surface area contributed by atoms with Gasteiger partial charge in [-0.2, -0.15) is 0 Å². The highest BCUT2D eigenvalue weighted by atomic mass is 35.7. The molecule has 19 heavy (non-hydrogen) atoms. The lowest BCUT2D eigenvalue weighted by atomic mass is 10.1. The van der Waals surface area contributed by atoms with Crippen molar-refractivity contribution in [3.05, 3.63) is 36.4 Å². The third kappa shape index (κ3) is 3.01. The highest BCUT2D eigenvalue weighted by molar-refractivity contribution is 8.14. The second kappa shape index (κ2) is 5.39. The molecule has 0 N–H and O–H groups in total. The first kappa shape index (κ1) is 14.2. The van der Waals surface area contributed by atoms with Crippen LogP contribution in [-0.4, -0.2) is 14.5 Å². The maximum atomic E-state index is 11.6. The standard InChI is InChI=1S/C14H15ClO3S/c1-3-10(2)18-13-8-9-14(19(15,16)17)12-7-5-4-6-11(12)13/h4-10H,3H2,1-2H3.